The van der Waals surface area contributed by atoms with Crippen LogP contribution in [0.15, 0.2) is 24.3 Å². The third-order valence-corrected chi connectivity index (χ3v) is 5.71. The number of para-hydroxylation sites is 2. The van der Waals surface area contributed by atoms with Crippen LogP contribution in [0.1, 0.15) is 15.4 Å². The number of hydrogen-bond donors (Lipinski definition) is 0. The highest BCUT2D eigenvalue weighted by molar-refractivity contribution is 7.15. The minimum absolute atomic E-state index is 0.121. The van der Waals surface area contributed by atoms with Gasteiger partial charge >= 0.3 is 0 Å². The van der Waals surface area contributed by atoms with Crippen molar-refractivity contribution in [3.8, 4) is 11.5 Å². The second-order valence-corrected chi connectivity index (χ2v) is 8.14. The van der Waals surface area contributed by atoms with Gasteiger partial charge in [0.25, 0.3) is 11.8 Å². The van der Waals surface area contributed by atoms with Crippen LogP contribution in [0.25, 0.3) is 0 Å². The first-order chi connectivity index (χ1) is 13.0. The van der Waals surface area contributed by atoms with E-state index in [1.54, 1.807) is 15.9 Å². The van der Waals surface area contributed by atoms with Crippen LogP contribution >= 0.6 is 22.9 Å². The fourth-order valence-electron chi connectivity index (χ4n) is 3.19. The summed E-state index contributed by atoms with van der Waals surface area (Å²) >= 11 is 7.19. The second-order valence-electron chi connectivity index (χ2n) is 6.35. The quantitative estimate of drug-likeness (QED) is 0.763. The topological polar surface area (TPSA) is 72.0 Å². The van der Waals surface area contributed by atoms with Gasteiger partial charge in [0, 0.05) is 31.1 Å². The lowest BCUT2D eigenvalue weighted by atomic mass is 10.2. The minimum Gasteiger partial charge on any atom is -0.485 e. The summed E-state index contributed by atoms with van der Waals surface area (Å²) in [7, 11) is 0. The number of aromatic nitrogens is 1. The van der Waals surface area contributed by atoms with Crippen molar-refractivity contribution < 1.29 is 19.1 Å². The van der Waals surface area contributed by atoms with Crippen molar-refractivity contribution in [2.75, 3.05) is 32.8 Å². The molecule has 2 aromatic rings. The van der Waals surface area contributed by atoms with Gasteiger partial charge in [0.05, 0.1) is 0 Å². The fraction of sp³-hybridized carbons (Fsp3) is 0.389. The number of amides is 2. The molecule has 2 aliphatic rings. The van der Waals surface area contributed by atoms with Crippen LogP contribution in [0.2, 0.25) is 4.47 Å². The molecule has 0 saturated carbocycles. The SMILES string of the molecule is Cc1sc(Cl)nc1C(=O)N1CCN(C(=O)C2COc3ccccc3O2)CC1. The third kappa shape index (κ3) is 3.59. The van der Waals surface area contributed by atoms with Crippen molar-refractivity contribution in [3.05, 3.63) is 39.3 Å². The Labute approximate surface area is 165 Å². The van der Waals surface area contributed by atoms with Gasteiger partial charge in [-0.1, -0.05) is 23.7 Å². The maximum Gasteiger partial charge on any atom is 0.273 e. The normalized spacial score (nSPS) is 19.1. The number of nitrogens with zero attached hydrogens (tertiary/aromatic N) is 3. The number of thiazole rings is 1. The summed E-state index contributed by atoms with van der Waals surface area (Å²) in [4.78, 5) is 33.7. The number of aryl methyl sites for hydroxylation is 1. The minimum atomic E-state index is -0.665. The van der Waals surface area contributed by atoms with Crippen LogP contribution in [-0.2, 0) is 4.79 Å². The zero-order valence-electron chi connectivity index (χ0n) is 14.7. The third-order valence-electron chi connectivity index (χ3n) is 4.64. The van der Waals surface area contributed by atoms with Gasteiger partial charge in [0.1, 0.15) is 12.3 Å². The molecule has 7 nitrogen and oxygen atoms in total. The van der Waals surface area contributed by atoms with Crippen LogP contribution in [0, 0.1) is 6.92 Å². The van der Waals surface area contributed by atoms with Gasteiger partial charge in [0.2, 0.25) is 6.10 Å². The molecular weight excluding hydrogens is 390 g/mol. The highest BCUT2D eigenvalue weighted by Gasteiger charge is 2.34. The molecule has 0 aliphatic carbocycles. The van der Waals surface area contributed by atoms with Gasteiger partial charge < -0.3 is 19.3 Å². The van der Waals surface area contributed by atoms with Crippen molar-refractivity contribution in [3.63, 3.8) is 0 Å². The molecule has 0 radical (unpaired) electrons. The number of piperazine rings is 1. The Morgan fingerprint density at radius 3 is 2.48 bits per heavy atom. The van der Waals surface area contributed by atoms with Gasteiger partial charge in [-0.25, -0.2) is 4.98 Å². The molecule has 9 heteroatoms. The number of fused-ring (bicyclic) bond motifs is 1. The second kappa shape index (κ2) is 7.36. The van der Waals surface area contributed by atoms with Crippen molar-refractivity contribution in [1.29, 1.82) is 0 Å². The Morgan fingerprint density at radius 1 is 1.15 bits per heavy atom. The fourth-order valence-corrected chi connectivity index (χ4v) is 4.24. The summed E-state index contributed by atoms with van der Waals surface area (Å²) < 4.78 is 11.8. The number of carbonyl (C=O) groups is 2. The molecule has 0 spiro atoms. The molecule has 3 heterocycles. The van der Waals surface area contributed by atoms with E-state index >= 15 is 0 Å². The average molecular weight is 408 g/mol. The molecule has 1 unspecified atom stereocenters. The van der Waals surface area contributed by atoms with Crippen molar-refractivity contribution >= 4 is 34.8 Å². The molecule has 2 aliphatic heterocycles. The van der Waals surface area contributed by atoms with Crippen LogP contribution in [0.3, 0.4) is 0 Å². The lowest BCUT2D eigenvalue weighted by molar-refractivity contribution is -0.142. The number of ether oxygens (including phenoxy) is 2. The summed E-state index contributed by atoms with van der Waals surface area (Å²) in [6.45, 7) is 3.80. The molecule has 142 valence electrons. The molecule has 27 heavy (non-hydrogen) atoms. The maximum atomic E-state index is 12.8. The molecule has 0 bridgehead atoms. The van der Waals surface area contributed by atoms with Gasteiger partial charge in [-0.3, -0.25) is 9.59 Å². The predicted molar refractivity (Wildman–Crippen MR) is 101 cm³/mol. The Balaban J connectivity index is 1.36. The van der Waals surface area contributed by atoms with E-state index in [-0.39, 0.29) is 18.4 Å². The summed E-state index contributed by atoms with van der Waals surface area (Å²) in [6.07, 6.45) is -0.665. The van der Waals surface area contributed by atoms with E-state index in [4.69, 9.17) is 21.1 Å². The lowest BCUT2D eigenvalue weighted by Crippen LogP contribution is -2.55. The predicted octanol–water partition coefficient (Wildman–Crippen LogP) is 2.23. The monoisotopic (exact) mass is 407 g/mol. The lowest BCUT2D eigenvalue weighted by Gasteiger charge is -2.37. The molecule has 4 rings (SSSR count). The molecule has 2 amide bonds. The Kier molecular flexibility index (Phi) is 4.92. The van der Waals surface area contributed by atoms with E-state index in [1.165, 1.54) is 11.3 Å². The first-order valence-corrected chi connectivity index (χ1v) is 9.82. The van der Waals surface area contributed by atoms with E-state index in [0.29, 0.717) is 47.8 Å². The molecule has 1 aromatic carbocycles. The van der Waals surface area contributed by atoms with Crippen molar-refractivity contribution in [1.82, 2.24) is 14.8 Å². The van der Waals surface area contributed by atoms with Crippen LogP contribution in [0.5, 0.6) is 11.5 Å². The summed E-state index contributed by atoms with van der Waals surface area (Å²) in [5.41, 5.74) is 0.394. The van der Waals surface area contributed by atoms with E-state index in [9.17, 15) is 9.59 Å². The van der Waals surface area contributed by atoms with E-state index in [0.717, 1.165) is 4.88 Å². The average Bonchev–Trinajstić information content (AvgIpc) is 3.04. The summed E-state index contributed by atoms with van der Waals surface area (Å²) in [5.74, 6) is 0.958. The number of rotatable bonds is 2. The highest BCUT2D eigenvalue weighted by Crippen LogP contribution is 2.31. The van der Waals surface area contributed by atoms with Crippen LogP contribution in [0.4, 0.5) is 0 Å². The van der Waals surface area contributed by atoms with E-state index < -0.39 is 6.10 Å². The van der Waals surface area contributed by atoms with Gasteiger partial charge in [-0.15, -0.1) is 11.3 Å². The first-order valence-electron chi connectivity index (χ1n) is 8.62. The Morgan fingerprint density at radius 2 is 1.81 bits per heavy atom. The number of halogens is 1. The number of carbonyl (C=O) groups excluding carboxylic acids is 2. The molecule has 0 N–H and O–H groups in total. The molecule has 1 fully saturated rings. The molecule has 1 aromatic heterocycles. The molecular formula is C18H18ClN3O4S. The highest BCUT2D eigenvalue weighted by atomic mass is 35.5. The van der Waals surface area contributed by atoms with Gasteiger partial charge in [-0.2, -0.15) is 0 Å². The van der Waals surface area contributed by atoms with Gasteiger partial charge in [-0.05, 0) is 19.1 Å². The molecule has 1 saturated heterocycles. The number of benzene rings is 1. The number of hydrogen-bond acceptors (Lipinski definition) is 6. The Bertz CT molecular complexity index is 879. The standard InChI is InChI=1S/C18H18ClN3O4S/c1-11-15(20-18(19)27-11)17(24)22-8-6-21(7-9-22)16(23)14-10-25-12-4-2-3-5-13(12)26-14/h2-5,14H,6-10H2,1H3. The molecule has 1 atom stereocenters. The van der Waals surface area contributed by atoms with Crippen molar-refractivity contribution in [2.24, 2.45) is 0 Å². The van der Waals surface area contributed by atoms with E-state index in [2.05, 4.69) is 4.98 Å². The smallest absolute Gasteiger partial charge is 0.273 e. The van der Waals surface area contributed by atoms with Crippen LogP contribution in [-0.4, -0.2) is 65.5 Å². The zero-order chi connectivity index (χ0) is 19.0. The summed E-state index contributed by atoms with van der Waals surface area (Å²) in [6, 6.07) is 7.30. The van der Waals surface area contributed by atoms with Crippen LogP contribution < -0.4 is 9.47 Å². The van der Waals surface area contributed by atoms with Gasteiger partial charge in [0.15, 0.2) is 16.0 Å². The Hall–Kier alpha value is -2.32. The zero-order valence-corrected chi connectivity index (χ0v) is 16.3. The van der Waals surface area contributed by atoms with E-state index in [1.807, 2.05) is 25.1 Å². The maximum absolute atomic E-state index is 12.8. The van der Waals surface area contributed by atoms with Crippen molar-refractivity contribution in [2.45, 2.75) is 13.0 Å². The first kappa shape index (κ1) is 18.1. The summed E-state index contributed by atoms with van der Waals surface area (Å²) in [5, 5.41) is 0. The largest absolute Gasteiger partial charge is 0.485 e.